The molecule has 122 valence electrons. The molecule has 3 rings (SSSR count). The summed E-state index contributed by atoms with van der Waals surface area (Å²) in [5.74, 6) is -0.0264. The standard InChI is InChI=1S/C18H16ClN3OS/c1-12(14-7-9-15(19)10-8-14)21-22-18-20-17(23)16(24-18)11-13-5-3-2-4-6-13/h2-10,16,21H,1,11H2,(H,20,22,23)/t16-/m1/s1. The maximum absolute atomic E-state index is 12.1. The fourth-order valence-corrected chi connectivity index (χ4v) is 3.35. The lowest BCUT2D eigenvalue weighted by Crippen LogP contribution is -2.26. The van der Waals surface area contributed by atoms with Gasteiger partial charge in [-0.25, -0.2) is 0 Å². The third-order valence-electron chi connectivity index (χ3n) is 3.53. The Balaban J connectivity index is 1.59. The number of benzene rings is 2. The zero-order valence-corrected chi connectivity index (χ0v) is 14.4. The van der Waals surface area contributed by atoms with Crippen molar-refractivity contribution in [3.63, 3.8) is 0 Å². The smallest absolute Gasteiger partial charge is 0.239 e. The molecule has 1 atom stereocenters. The number of hydrazone groups is 1. The van der Waals surface area contributed by atoms with Crippen LogP contribution in [0.15, 0.2) is 66.3 Å². The van der Waals surface area contributed by atoms with Crippen LogP contribution in [0.1, 0.15) is 11.1 Å². The Morgan fingerprint density at radius 1 is 1.21 bits per heavy atom. The molecule has 1 aliphatic rings. The number of amides is 1. The summed E-state index contributed by atoms with van der Waals surface area (Å²) in [5, 5.41) is 8.07. The molecule has 0 bridgehead atoms. The SMILES string of the molecule is C=C(N/N=C1\NC(=O)[C@@H](Cc2ccccc2)S1)c1ccc(Cl)cc1. The third-order valence-corrected chi connectivity index (χ3v) is 4.86. The maximum atomic E-state index is 12.1. The summed E-state index contributed by atoms with van der Waals surface area (Å²) in [4.78, 5) is 12.1. The Hall–Kier alpha value is -2.24. The molecule has 0 saturated carbocycles. The number of halogens is 1. The summed E-state index contributed by atoms with van der Waals surface area (Å²) in [6.45, 7) is 3.94. The van der Waals surface area contributed by atoms with Crippen LogP contribution in [0, 0.1) is 0 Å². The van der Waals surface area contributed by atoms with Crippen LogP contribution in [0.2, 0.25) is 5.02 Å². The predicted octanol–water partition coefficient (Wildman–Crippen LogP) is 3.65. The Labute approximate surface area is 150 Å². The summed E-state index contributed by atoms with van der Waals surface area (Å²) in [6, 6.07) is 17.2. The largest absolute Gasteiger partial charge is 0.303 e. The summed E-state index contributed by atoms with van der Waals surface area (Å²) in [6.07, 6.45) is 0.675. The van der Waals surface area contributed by atoms with Gasteiger partial charge in [0.1, 0.15) is 0 Å². The second kappa shape index (κ2) is 7.55. The number of nitrogens with one attached hydrogen (secondary N) is 2. The average Bonchev–Trinajstić information content (AvgIpc) is 2.94. The number of carbonyl (C=O) groups is 1. The van der Waals surface area contributed by atoms with Crippen LogP contribution in [0.4, 0.5) is 0 Å². The number of hydrogen-bond donors (Lipinski definition) is 2. The Bertz CT molecular complexity index is 775. The van der Waals surface area contributed by atoms with Crippen LogP contribution >= 0.6 is 23.4 Å². The van der Waals surface area contributed by atoms with E-state index in [2.05, 4.69) is 22.4 Å². The number of nitrogens with zero attached hydrogens (tertiary/aromatic N) is 1. The van der Waals surface area contributed by atoms with Crippen LogP contribution in [0.5, 0.6) is 0 Å². The molecule has 0 radical (unpaired) electrons. The van der Waals surface area contributed by atoms with E-state index in [-0.39, 0.29) is 11.2 Å². The van der Waals surface area contributed by atoms with E-state index >= 15 is 0 Å². The molecule has 1 aliphatic heterocycles. The molecule has 1 saturated heterocycles. The minimum absolute atomic E-state index is 0.0264. The van der Waals surface area contributed by atoms with E-state index in [1.165, 1.54) is 11.8 Å². The van der Waals surface area contributed by atoms with E-state index in [1.54, 1.807) is 12.1 Å². The van der Waals surface area contributed by atoms with Gasteiger partial charge < -0.3 is 5.32 Å². The molecule has 1 heterocycles. The van der Waals surface area contributed by atoms with Gasteiger partial charge in [0.25, 0.3) is 0 Å². The van der Waals surface area contributed by atoms with Crippen molar-refractivity contribution in [2.24, 2.45) is 5.10 Å². The summed E-state index contributed by atoms with van der Waals surface area (Å²) in [5.41, 5.74) is 5.54. The first-order valence-electron chi connectivity index (χ1n) is 7.42. The van der Waals surface area contributed by atoms with E-state index in [1.807, 2.05) is 42.5 Å². The number of thioether (sulfide) groups is 1. The average molecular weight is 358 g/mol. The van der Waals surface area contributed by atoms with Gasteiger partial charge in [0.05, 0.1) is 10.9 Å². The molecule has 1 fully saturated rings. The van der Waals surface area contributed by atoms with Gasteiger partial charge in [-0.2, -0.15) is 0 Å². The molecular weight excluding hydrogens is 342 g/mol. The quantitative estimate of drug-likeness (QED) is 0.803. The van der Waals surface area contributed by atoms with Crippen molar-refractivity contribution in [1.29, 1.82) is 0 Å². The number of rotatable bonds is 5. The predicted molar refractivity (Wildman–Crippen MR) is 101 cm³/mol. The molecule has 24 heavy (non-hydrogen) atoms. The first kappa shape index (κ1) is 16.6. The second-order valence-corrected chi connectivity index (χ2v) is 6.93. The van der Waals surface area contributed by atoms with Gasteiger partial charge in [0.2, 0.25) is 5.91 Å². The van der Waals surface area contributed by atoms with Crippen molar-refractivity contribution in [2.45, 2.75) is 11.7 Å². The van der Waals surface area contributed by atoms with E-state index in [4.69, 9.17) is 11.6 Å². The van der Waals surface area contributed by atoms with Gasteiger partial charge in [-0.05, 0) is 29.7 Å². The van der Waals surface area contributed by atoms with Crippen LogP contribution in [-0.4, -0.2) is 16.3 Å². The molecule has 2 aromatic rings. The Kier molecular flexibility index (Phi) is 5.23. The van der Waals surface area contributed by atoms with Crippen LogP contribution in [0.25, 0.3) is 5.70 Å². The lowest BCUT2D eigenvalue weighted by molar-refractivity contribution is -0.118. The van der Waals surface area contributed by atoms with Gasteiger partial charge in [0.15, 0.2) is 5.17 Å². The summed E-state index contributed by atoms with van der Waals surface area (Å²) in [7, 11) is 0. The van der Waals surface area contributed by atoms with Crippen molar-refractivity contribution < 1.29 is 4.79 Å². The highest BCUT2D eigenvalue weighted by molar-refractivity contribution is 8.15. The molecule has 0 spiro atoms. The van der Waals surface area contributed by atoms with Crippen LogP contribution in [-0.2, 0) is 11.2 Å². The van der Waals surface area contributed by atoms with E-state index in [0.29, 0.717) is 22.3 Å². The maximum Gasteiger partial charge on any atom is 0.239 e. The van der Waals surface area contributed by atoms with Crippen molar-refractivity contribution >= 4 is 40.1 Å². The molecule has 2 N–H and O–H groups in total. The van der Waals surface area contributed by atoms with Crippen LogP contribution in [0.3, 0.4) is 0 Å². The highest BCUT2D eigenvalue weighted by Crippen LogP contribution is 2.23. The molecule has 0 unspecified atom stereocenters. The molecule has 0 aromatic heterocycles. The lowest BCUT2D eigenvalue weighted by atomic mass is 10.1. The lowest BCUT2D eigenvalue weighted by Gasteiger charge is -2.06. The Morgan fingerprint density at radius 3 is 2.62 bits per heavy atom. The van der Waals surface area contributed by atoms with Crippen molar-refractivity contribution in [2.75, 3.05) is 0 Å². The topological polar surface area (TPSA) is 53.5 Å². The monoisotopic (exact) mass is 357 g/mol. The third kappa shape index (κ3) is 4.19. The minimum Gasteiger partial charge on any atom is -0.303 e. The van der Waals surface area contributed by atoms with Crippen molar-refractivity contribution in [3.8, 4) is 0 Å². The van der Waals surface area contributed by atoms with Gasteiger partial charge in [-0.3, -0.25) is 10.2 Å². The molecule has 1 amide bonds. The Morgan fingerprint density at radius 2 is 1.92 bits per heavy atom. The summed E-state index contributed by atoms with van der Waals surface area (Å²) < 4.78 is 0. The molecule has 4 nitrogen and oxygen atoms in total. The first-order valence-corrected chi connectivity index (χ1v) is 8.67. The fraction of sp³-hybridized carbons (Fsp3) is 0.111. The second-order valence-electron chi connectivity index (χ2n) is 5.30. The molecule has 0 aliphatic carbocycles. The van der Waals surface area contributed by atoms with E-state index in [9.17, 15) is 4.79 Å². The van der Waals surface area contributed by atoms with Gasteiger partial charge >= 0.3 is 0 Å². The van der Waals surface area contributed by atoms with Gasteiger partial charge in [-0.1, -0.05) is 72.4 Å². The zero-order chi connectivity index (χ0) is 16.9. The van der Waals surface area contributed by atoms with E-state index in [0.717, 1.165) is 11.1 Å². The number of carbonyl (C=O) groups excluding carboxylic acids is 1. The fourth-order valence-electron chi connectivity index (χ4n) is 2.25. The van der Waals surface area contributed by atoms with Crippen LogP contribution < -0.4 is 10.7 Å². The summed E-state index contributed by atoms with van der Waals surface area (Å²) >= 11 is 7.29. The highest BCUT2D eigenvalue weighted by atomic mass is 35.5. The molecule has 2 aromatic carbocycles. The van der Waals surface area contributed by atoms with Gasteiger partial charge in [-0.15, -0.1) is 5.10 Å². The normalized spacial score (nSPS) is 18.5. The zero-order valence-electron chi connectivity index (χ0n) is 12.8. The number of hydrogen-bond acceptors (Lipinski definition) is 4. The highest BCUT2D eigenvalue weighted by Gasteiger charge is 2.30. The van der Waals surface area contributed by atoms with Crippen molar-refractivity contribution in [3.05, 3.63) is 77.3 Å². The first-order chi connectivity index (χ1) is 11.6. The van der Waals surface area contributed by atoms with E-state index < -0.39 is 0 Å². The van der Waals surface area contributed by atoms with Crippen molar-refractivity contribution in [1.82, 2.24) is 10.7 Å². The minimum atomic E-state index is -0.170. The number of amidine groups is 1. The van der Waals surface area contributed by atoms with Gasteiger partial charge in [0, 0.05) is 5.02 Å². The molecular formula is C18H16ClN3OS. The molecule has 6 heteroatoms.